The fourth-order valence-electron chi connectivity index (χ4n) is 1.04. The van der Waals surface area contributed by atoms with Crippen molar-refractivity contribution in [1.82, 2.24) is 0 Å². The lowest BCUT2D eigenvalue weighted by atomic mass is 10.4. The minimum Gasteiger partial charge on any atom is -0.292 e. The van der Waals surface area contributed by atoms with Crippen molar-refractivity contribution < 1.29 is 4.79 Å². The van der Waals surface area contributed by atoms with Gasteiger partial charge in [0.15, 0.2) is 5.78 Å². The molecule has 0 saturated heterocycles. The smallest absolute Gasteiger partial charge is 0.183 e. The van der Waals surface area contributed by atoms with Gasteiger partial charge >= 0.3 is 0 Å². The molecule has 2 rings (SSSR count). The average molecular weight is 243 g/mol. The van der Waals surface area contributed by atoms with Crippen molar-refractivity contribution in [2.24, 2.45) is 4.99 Å². The zero-order valence-corrected chi connectivity index (χ0v) is 9.88. The maximum Gasteiger partial charge on any atom is 0.183 e. The quantitative estimate of drug-likeness (QED) is 0.765. The molecule has 0 spiro atoms. The number of rotatable bonds is 3. The summed E-state index contributed by atoms with van der Waals surface area (Å²) in [6.45, 7) is 0.903. The van der Waals surface area contributed by atoms with Gasteiger partial charge in [0.2, 0.25) is 0 Å². The van der Waals surface area contributed by atoms with Crippen LogP contribution in [0.4, 0.5) is 0 Å². The number of carbonyl (C=O) groups is 1. The maximum atomic E-state index is 11.6. The van der Waals surface area contributed by atoms with Gasteiger partial charge in [-0.05, 0) is 11.4 Å². The molecule has 0 saturated carbocycles. The lowest BCUT2D eigenvalue weighted by Gasteiger charge is -1.97. The topological polar surface area (TPSA) is 29.4 Å². The summed E-state index contributed by atoms with van der Waals surface area (Å²) in [5.41, 5.74) is 0. The number of hydrogen-bond donors (Lipinski definition) is 0. The monoisotopic (exact) mass is 243 g/mol. The second kappa shape index (κ2) is 5.00. The molecule has 2 heterocycles. The van der Waals surface area contributed by atoms with Crippen LogP contribution in [0.25, 0.3) is 0 Å². The fraction of sp³-hybridized carbons (Fsp3) is 0.333. The molecule has 0 aliphatic carbocycles. The highest BCUT2D eigenvalue weighted by molar-refractivity contribution is 8.39. The summed E-state index contributed by atoms with van der Waals surface area (Å²) in [7, 11) is 0. The van der Waals surface area contributed by atoms with Crippen LogP contribution in [0.5, 0.6) is 0 Å². The molecule has 0 aromatic carbocycles. The summed E-state index contributed by atoms with van der Waals surface area (Å²) in [6, 6.07) is 3.78. The molecular weight excluding hydrogens is 234 g/mol. The van der Waals surface area contributed by atoms with E-state index in [0.29, 0.717) is 5.75 Å². The Bertz CT molecular complexity index is 345. The van der Waals surface area contributed by atoms with Gasteiger partial charge in [0, 0.05) is 5.75 Å². The highest BCUT2D eigenvalue weighted by Gasteiger charge is 2.12. The van der Waals surface area contributed by atoms with E-state index in [-0.39, 0.29) is 5.78 Å². The second-order valence-corrected chi connectivity index (χ2v) is 5.94. The molecule has 2 nitrogen and oxygen atoms in total. The van der Waals surface area contributed by atoms with E-state index in [1.165, 1.54) is 11.3 Å². The normalized spacial score (nSPS) is 15.6. The summed E-state index contributed by atoms with van der Waals surface area (Å²) >= 11 is 4.81. The summed E-state index contributed by atoms with van der Waals surface area (Å²) in [5.74, 6) is 1.79. The van der Waals surface area contributed by atoms with Crippen molar-refractivity contribution in [3.63, 3.8) is 0 Å². The molecule has 1 aromatic rings. The minimum absolute atomic E-state index is 0.209. The Morgan fingerprint density at radius 2 is 2.57 bits per heavy atom. The molecule has 0 fully saturated rings. The van der Waals surface area contributed by atoms with Crippen LogP contribution >= 0.6 is 34.9 Å². The standard InChI is InChI=1S/C9H9NOS3/c11-7(8-2-1-4-12-8)6-14-9-10-3-5-13-9/h1-2,4H,3,5-6H2. The van der Waals surface area contributed by atoms with Crippen molar-refractivity contribution in [3.05, 3.63) is 22.4 Å². The van der Waals surface area contributed by atoms with Crippen LogP contribution < -0.4 is 0 Å². The molecule has 0 amide bonds. The van der Waals surface area contributed by atoms with E-state index in [4.69, 9.17) is 0 Å². The molecule has 0 radical (unpaired) electrons. The Labute approximate surface area is 95.2 Å². The van der Waals surface area contributed by atoms with E-state index in [1.54, 1.807) is 23.5 Å². The molecule has 1 aliphatic heterocycles. The first-order chi connectivity index (χ1) is 6.86. The zero-order chi connectivity index (χ0) is 9.80. The molecule has 1 aliphatic rings. The van der Waals surface area contributed by atoms with Gasteiger partial charge in [-0.1, -0.05) is 29.6 Å². The van der Waals surface area contributed by atoms with Crippen molar-refractivity contribution in [1.29, 1.82) is 0 Å². The zero-order valence-electron chi connectivity index (χ0n) is 7.43. The van der Waals surface area contributed by atoms with E-state index in [2.05, 4.69) is 4.99 Å². The van der Waals surface area contributed by atoms with Crippen molar-refractivity contribution >= 4 is 45.0 Å². The first-order valence-corrected chi connectivity index (χ1v) is 7.08. The maximum absolute atomic E-state index is 11.6. The number of aliphatic imine (C=N–C) groups is 1. The lowest BCUT2D eigenvalue weighted by molar-refractivity contribution is 0.102. The number of thiophene rings is 1. The Morgan fingerprint density at radius 1 is 1.64 bits per heavy atom. The van der Waals surface area contributed by atoms with Crippen molar-refractivity contribution in [2.75, 3.05) is 18.1 Å². The van der Waals surface area contributed by atoms with Crippen LogP contribution in [-0.2, 0) is 0 Å². The van der Waals surface area contributed by atoms with Gasteiger partial charge in [-0.15, -0.1) is 11.3 Å². The van der Waals surface area contributed by atoms with Crippen LogP contribution in [0.3, 0.4) is 0 Å². The van der Waals surface area contributed by atoms with Gasteiger partial charge in [0.05, 0.1) is 17.2 Å². The van der Waals surface area contributed by atoms with E-state index < -0.39 is 0 Å². The van der Waals surface area contributed by atoms with E-state index in [9.17, 15) is 4.79 Å². The second-order valence-electron chi connectivity index (χ2n) is 2.69. The van der Waals surface area contributed by atoms with Gasteiger partial charge < -0.3 is 0 Å². The van der Waals surface area contributed by atoms with Crippen LogP contribution in [0, 0.1) is 0 Å². The van der Waals surface area contributed by atoms with Crippen molar-refractivity contribution in [2.45, 2.75) is 0 Å². The van der Waals surface area contributed by atoms with Gasteiger partial charge in [0.1, 0.15) is 4.38 Å². The van der Waals surface area contributed by atoms with E-state index in [1.807, 2.05) is 17.5 Å². The number of thioether (sulfide) groups is 2. The molecule has 5 heteroatoms. The predicted molar refractivity (Wildman–Crippen MR) is 65.9 cm³/mol. The Kier molecular flexibility index (Phi) is 3.67. The van der Waals surface area contributed by atoms with Crippen LogP contribution in [0.15, 0.2) is 22.5 Å². The third-order valence-electron chi connectivity index (χ3n) is 1.68. The Balaban J connectivity index is 1.83. The third-order valence-corrected chi connectivity index (χ3v) is 4.84. The Morgan fingerprint density at radius 3 is 3.21 bits per heavy atom. The first kappa shape index (κ1) is 10.3. The fourth-order valence-corrected chi connectivity index (χ4v) is 3.69. The SMILES string of the molecule is O=C(CSC1=NCCS1)c1cccs1. The molecule has 0 unspecified atom stereocenters. The number of hydrogen-bond acceptors (Lipinski definition) is 5. The highest BCUT2D eigenvalue weighted by atomic mass is 32.2. The van der Waals surface area contributed by atoms with Gasteiger partial charge in [-0.25, -0.2) is 0 Å². The molecule has 0 atom stereocenters. The van der Waals surface area contributed by atoms with Gasteiger partial charge in [0.25, 0.3) is 0 Å². The minimum atomic E-state index is 0.209. The van der Waals surface area contributed by atoms with Gasteiger partial charge in [-0.3, -0.25) is 9.79 Å². The van der Waals surface area contributed by atoms with Crippen LogP contribution in [0.2, 0.25) is 0 Å². The number of nitrogens with zero attached hydrogens (tertiary/aromatic N) is 1. The molecule has 1 aromatic heterocycles. The molecule has 0 bridgehead atoms. The predicted octanol–water partition coefficient (Wildman–Crippen LogP) is 2.77. The molecule has 14 heavy (non-hydrogen) atoms. The molecular formula is C9H9NOS3. The van der Waals surface area contributed by atoms with Gasteiger partial charge in [-0.2, -0.15) is 0 Å². The summed E-state index contributed by atoms with van der Waals surface area (Å²) < 4.78 is 1.06. The highest BCUT2D eigenvalue weighted by Crippen LogP contribution is 2.23. The lowest BCUT2D eigenvalue weighted by Crippen LogP contribution is -2.00. The number of Topliss-reactive ketones (excluding diaryl/α,β-unsaturated/α-hetero) is 1. The molecule has 74 valence electrons. The molecule has 0 N–H and O–H groups in total. The van der Waals surface area contributed by atoms with E-state index >= 15 is 0 Å². The Hall–Kier alpha value is -0.260. The summed E-state index contributed by atoms with van der Waals surface area (Å²) in [6.07, 6.45) is 0. The van der Waals surface area contributed by atoms with E-state index in [0.717, 1.165) is 21.6 Å². The first-order valence-electron chi connectivity index (χ1n) is 4.23. The summed E-state index contributed by atoms with van der Waals surface area (Å²) in [5, 5.41) is 1.93. The van der Waals surface area contributed by atoms with Crippen LogP contribution in [0.1, 0.15) is 9.67 Å². The van der Waals surface area contributed by atoms with Crippen LogP contribution in [-0.4, -0.2) is 28.2 Å². The number of ketones is 1. The average Bonchev–Trinajstić information content (AvgIpc) is 2.87. The van der Waals surface area contributed by atoms with Crippen molar-refractivity contribution in [3.8, 4) is 0 Å². The largest absolute Gasteiger partial charge is 0.292 e. The third kappa shape index (κ3) is 2.62. The summed E-state index contributed by atoms with van der Waals surface area (Å²) in [4.78, 5) is 16.7. The number of carbonyl (C=O) groups excluding carboxylic acids is 1.